The van der Waals surface area contributed by atoms with Gasteiger partial charge in [-0.25, -0.2) is 9.98 Å². The van der Waals surface area contributed by atoms with Crippen molar-refractivity contribution in [2.24, 2.45) is 4.99 Å². The van der Waals surface area contributed by atoms with Gasteiger partial charge < -0.3 is 0 Å². The van der Waals surface area contributed by atoms with Crippen LogP contribution in [0.4, 0.5) is 0 Å². The van der Waals surface area contributed by atoms with Crippen LogP contribution >= 0.6 is 11.3 Å². The Morgan fingerprint density at radius 3 is 3.00 bits per heavy atom. The fourth-order valence-corrected chi connectivity index (χ4v) is 4.78. The van der Waals surface area contributed by atoms with Gasteiger partial charge in [-0.15, -0.1) is 16.9 Å². The first-order chi connectivity index (χ1) is 14.6. The molecular weight excluding hydrogens is 394 g/mol. The van der Waals surface area contributed by atoms with E-state index in [4.69, 9.17) is 4.99 Å². The first kappa shape index (κ1) is 19.0. The van der Waals surface area contributed by atoms with Crippen molar-refractivity contribution in [1.82, 2.24) is 30.7 Å². The lowest BCUT2D eigenvalue weighted by Crippen LogP contribution is -2.35. The highest BCUT2D eigenvalue weighted by molar-refractivity contribution is 7.16. The van der Waals surface area contributed by atoms with Crippen LogP contribution in [0.3, 0.4) is 0 Å². The monoisotopic (exact) mass is 419 g/mol. The van der Waals surface area contributed by atoms with Crippen LogP contribution in [0.1, 0.15) is 50.8 Å². The summed E-state index contributed by atoms with van der Waals surface area (Å²) in [6.45, 7) is 7.22. The summed E-state index contributed by atoms with van der Waals surface area (Å²) >= 11 is 1.69. The van der Waals surface area contributed by atoms with Crippen LogP contribution in [0.15, 0.2) is 58.6 Å². The van der Waals surface area contributed by atoms with Crippen molar-refractivity contribution in [3.63, 3.8) is 0 Å². The molecule has 0 aliphatic carbocycles. The lowest BCUT2D eigenvalue weighted by Gasteiger charge is -2.20. The highest BCUT2D eigenvalue weighted by atomic mass is 32.1. The van der Waals surface area contributed by atoms with Crippen LogP contribution in [0.5, 0.6) is 0 Å². The standard InChI is InChI=1S/C22H25N7S/c1-14(2)28-11-17(10-25-28)16-7-6-15(3)20-21(24-9-16)26-27-29(20)12-18-13-30-22-19(18)5-4-8-23-22/h4-5,8-11,13-14,27H,6-7,12H2,1-3H3,(H,24,26). The van der Waals surface area contributed by atoms with Crippen LogP contribution < -0.4 is 11.0 Å². The van der Waals surface area contributed by atoms with E-state index in [-0.39, 0.29) is 0 Å². The number of nitrogens with zero attached hydrogens (tertiary/aromatic N) is 5. The maximum atomic E-state index is 4.78. The number of thiophene rings is 1. The Bertz CT molecular complexity index is 1180. The molecule has 0 bridgehead atoms. The molecule has 7 nitrogen and oxygen atoms in total. The molecule has 2 aliphatic heterocycles. The largest absolute Gasteiger partial charge is 0.286 e. The number of fused-ring (bicyclic) bond motifs is 2. The molecule has 30 heavy (non-hydrogen) atoms. The zero-order chi connectivity index (χ0) is 20.7. The first-order valence-corrected chi connectivity index (χ1v) is 11.1. The Morgan fingerprint density at radius 2 is 2.17 bits per heavy atom. The lowest BCUT2D eigenvalue weighted by atomic mass is 9.99. The minimum absolute atomic E-state index is 0.352. The summed E-state index contributed by atoms with van der Waals surface area (Å²) in [5.74, 6) is 0.860. The molecule has 0 unspecified atom stereocenters. The lowest BCUT2D eigenvalue weighted by molar-refractivity contribution is 0.259. The number of hydrogen-bond donors (Lipinski definition) is 2. The first-order valence-electron chi connectivity index (χ1n) is 10.2. The molecule has 1 fully saturated rings. The number of allylic oxidation sites excluding steroid dienone is 2. The van der Waals surface area contributed by atoms with Crippen molar-refractivity contribution in [2.75, 3.05) is 0 Å². The van der Waals surface area contributed by atoms with Gasteiger partial charge >= 0.3 is 0 Å². The van der Waals surface area contributed by atoms with Crippen LogP contribution in [0.25, 0.3) is 15.8 Å². The second kappa shape index (κ2) is 7.70. The van der Waals surface area contributed by atoms with E-state index in [1.54, 1.807) is 11.3 Å². The van der Waals surface area contributed by atoms with E-state index in [2.05, 4.69) is 64.5 Å². The SMILES string of the molecule is CC1=C2C(=NC=C(c3cnn(C(C)C)c3)CC1)NNN2Cc1csc2ncccc12. The molecule has 5 heterocycles. The number of hydrogen-bond acceptors (Lipinski definition) is 7. The number of rotatable bonds is 4. The van der Waals surface area contributed by atoms with Crippen molar-refractivity contribution >= 4 is 33.0 Å². The van der Waals surface area contributed by atoms with Gasteiger partial charge in [-0.2, -0.15) is 5.10 Å². The molecule has 0 spiro atoms. The predicted molar refractivity (Wildman–Crippen MR) is 121 cm³/mol. The molecule has 8 heteroatoms. The number of hydrazine groups is 2. The molecule has 0 saturated carbocycles. The molecular formula is C22H25N7S. The molecule has 0 aromatic carbocycles. The molecule has 3 aromatic rings. The third-order valence-electron chi connectivity index (χ3n) is 5.59. The fourth-order valence-electron chi connectivity index (χ4n) is 3.87. The molecule has 3 aromatic heterocycles. The van der Waals surface area contributed by atoms with Crippen LogP contribution in [0, 0.1) is 0 Å². The number of pyridine rings is 1. The molecule has 5 rings (SSSR count). The molecule has 0 atom stereocenters. The molecule has 154 valence electrons. The van der Waals surface area contributed by atoms with Crippen molar-refractivity contribution in [3.05, 3.63) is 64.7 Å². The highest BCUT2D eigenvalue weighted by Crippen LogP contribution is 2.30. The van der Waals surface area contributed by atoms with Gasteiger partial charge in [0.1, 0.15) is 4.83 Å². The van der Waals surface area contributed by atoms with Gasteiger partial charge in [0.15, 0.2) is 5.84 Å². The minimum atomic E-state index is 0.352. The average molecular weight is 420 g/mol. The normalized spacial score (nSPS) is 17.0. The van der Waals surface area contributed by atoms with E-state index < -0.39 is 0 Å². The van der Waals surface area contributed by atoms with Crippen molar-refractivity contribution in [2.45, 2.75) is 46.2 Å². The second-order valence-corrected chi connectivity index (χ2v) is 8.86. The summed E-state index contributed by atoms with van der Waals surface area (Å²) in [6, 6.07) is 4.48. The molecule has 1 saturated heterocycles. The van der Waals surface area contributed by atoms with Gasteiger partial charge in [0, 0.05) is 35.6 Å². The average Bonchev–Trinajstić information content (AvgIpc) is 3.46. The van der Waals surface area contributed by atoms with Crippen LogP contribution in [-0.4, -0.2) is 25.6 Å². The Morgan fingerprint density at radius 1 is 1.27 bits per heavy atom. The highest BCUT2D eigenvalue weighted by Gasteiger charge is 2.27. The summed E-state index contributed by atoms with van der Waals surface area (Å²) in [4.78, 5) is 10.3. The van der Waals surface area contributed by atoms with Crippen molar-refractivity contribution in [3.8, 4) is 0 Å². The summed E-state index contributed by atoms with van der Waals surface area (Å²) in [5, 5.41) is 10.0. The summed E-state index contributed by atoms with van der Waals surface area (Å²) in [6.07, 6.45) is 9.79. The van der Waals surface area contributed by atoms with Gasteiger partial charge in [0.05, 0.1) is 18.4 Å². The maximum Gasteiger partial charge on any atom is 0.166 e. The Kier molecular flexibility index (Phi) is 4.88. The van der Waals surface area contributed by atoms with Gasteiger partial charge in [-0.3, -0.25) is 15.1 Å². The van der Waals surface area contributed by atoms with Gasteiger partial charge in [-0.05, 0) is 61.8 Å². The van der Waals surface area contributed by atoms with E-state index in [1.807, 2.05) is 29.3 Å². The third kappa shape index (κ3) is 3.42. The third-order valence-corrected chi connectivity index (χ3v) is 6.54. The van der Waals surface area contributed by atoms with Crippen LogP contribution in [-0.2, 0) is 6.54 Å². The zero-order valence-corrected chi connectivity index (χ0v) is 18.2. The number of aliphatic imine (C=N–C) groups is 1. The van der Waals surface area contributed by atoms with E-state index in [1.165, 1.54) is 22.1 Å². The number of nitrogens with one attached hydrogen (secondary N) is 2. The molecule has 0 radical (unpaired) electrons. The Balaban J connectivity index is 1.42. The topological polar surface area (TPSA) is 70.4 Å². The van der Waals surface area contributed by atoms with E-state index in [9.17, 15) is 0 Å². The Hall–Kier alpha value is -2.97. The summed E-state index contributed by atoms with van der Waals surface area (Å²) in [7, 11) is 0. The van der Waals surface area contributed by atoms with Gasteiger partial charge in [-0.1, -0.05) is 6.07 Å². The molecule has 2 N–H and O–H groups in total. The van der Waals surface area contributed by atoms with E-state index in [0.717, 1.165) is 41.3 Å². The predicted octanol–water partition coefficient (Wildman–Crippen LogP) is 4.41. The second-order valence-electron chi connectivity index (χ2n) is 8.00. The minimum Gasteiger partial charge on any atom is -0.286 e. The maximum absolute atomic E-state index is 4.78. The van der Waals surface area contributed by atoms with Crippen molar-refractivity contribution < 1.29 is 0 Å². The summed E-state index contributed by atoms with van der Waals surface area (Å²) < 4.78 is 1.99. The molecule has 0 amide bonds. The smallest absolute Gasteiger partial charge is 0.166 e. The van der Waals surface area contributed by atoms with Crippen LogP contribution in [0.2, 0.25) is 0 Å². The number of aromatic nitrogens is 3. The van der Waals surface area contributed by atoms with E-state index >= 15 is 0 Å². The Labute approximate surface area is 179 Å². The van der Waals surface area contributed by atoms with E-state index in [0.29, 0.717) is 6.04 Å². The molecule has 2 aliphatic rings. The zero-order valence-electron chi connectivity index (χ0n) is 17.4. The fraction of sp³-hybridized carbons (Fsp3) is 0.318. The quantitative estimate of drug-likeness (QED) is 0.656. The summed E-state index contributed by atoms with van der Waals surface area (Å²) in [5.41, 5.74) is 12.6. The van der Waals surface area contributed by atoms with Gasteiger partial charge in [0.25, 0.3) is 0 Å². The van der Waals surface area contributed by atoms with Gasteiger partial charge in [0.2, 0.25) is 0 Å². The van der Waals surface area contributed by atoms with Crippen molar-refractivity contribution in [1.29, 1.82) is 0 Å². The number of amidine groups is 1.